The molecule has 32 heavy (non-hydrogen) atoms. The van der Waals surface area contributed by atoms with E-state index in [2.05, 4.69) is 39.1 Å². The largest absolute Gasteiger partial charge is 0.573 e. The van der Waals surface area contributed by atoms with Gasteiger partial charge in [0, 0.05) is 55.1 Å². The summed E-state index contributed by atoms with van der Waals surface area (Å²) in [6, 6.07) is 7.50. The van der Waals surface area contributed by atoms with Crippen molar-refractivity contribution in [1.82, 2.24) is 10.3 Å². The van der Waals surface area contributed by atoms with Crippen LogP contribution >= 0.6 is 0 Å². The summed E-state index contributed by atoms with van der Waals surface area (Å²) in [6.07, 6.45) is -1.32. The van der Waals surface area contributed by atoms with Crippen LogP contribution in [0.25, 0.3) is 0 Å². The fourth-order valence-corrected chi connectivity index (χ4v) is 4.49. The van der Waals surface area contributed by atoms with Crippen LogP contribution in [-0.4, -0.2) is 43.2 Å². The second-order valence-electron chi connectivity index (χ2n) is 8.64. The molecule has 9 heteroatoms. The Hall–Kier alpha value is -2.81. The quantitative estimate of drug-likeness (QED) is 0.500. The van der Waals surface area contributed by atoms with Crippen LogP contribution in [0.2, 0.25) is 0 Å². The molecule has 0 saturated carbocycles. The Morgan fingerprint density at radius 2 is 1.84 bits per heavy atom. The Morgan fingerprint density at radius 1 is 1.19 bits per heavy atom. The zero-order valence-electron chi connectivity index (χ0n) is 18.2. The molecule has 1 spiro atoms. The smallest absolute Gasteiger partial charge is 0.406 e. The summed E-state index contributed by atoms with van der Waals surface area (Å²) in [5.41, 5.74) is 3.18. The second kappa shape index (κ2) is 8.61. The van der Waals surface area contributed by atoms with Gasteiger partial charge in [0.25, 0.3) is 0 Å². The molecule has 2 saturated heterocycles. The van der Waals surface area contributed by atoms with Gasteiger partial charge in [-0.05, 0) is 43.2 Å². The number of nitrogens with zero attached hydrogens (tertiary/aromatic N) is 2. The van der Waals surface area contributed by atoms with E-state index in [-0.39, 0.29) is 11.7 Å². The molecule has 2 aliphatic rings. The molecule has 0 atom stereocenters. The molecular weight excluding hydrogens is 419 g/mol. The number of ether oxygens (including phenoxy) is 1. The van der Waals surface area contributed by atoms with E-state index >= 15 is 0 Å². The zero-order chi connectivity index (χ0) is 22.9. The average Bonchev–Trinajstić information content (AvgIpc) is 2.67. The molecule has 0 aliphatic carbocycles. The molecule has 6 nitrogen and oxygen atoms in total. The van der Waals surface area contributed by atoms with E-state index in [4.69, 9.17) is 5.41 Å². The average molecular weight is 448 g/mol. The molecule has 2 aliphatic heterocycles. The van der Waals surface area contributed by atoms with Crippen LogP contribution in [0.3, 0.4) is 0 Å². The predicted octanol–water partition coefficient (Wildman–Crippen LogP) is 4.94. The number of anilines is 3. The van der Waals surface area contributed by atoms with Crippen LogP contribution in [0.1, 0.15) is 32.3 Å². The number of alkyl halides is 3. The van der Waals surface area contributed by atoms with E-state index in [1.807, 2.05) is 6.07 Å². The Kier molecular flexibility index (Phi) is 6.03. The standard InChI is InChI=1S/C23H28F3N5O/c1-3-15(4-2)20(27)19-18(31-13-22(14-31)11-28-12-22)9-10-29-21(19)30-16-5-7-17(8-6-16)32-23(24,25)26/h5-10,15,27-28H,3-4,11-14H2,1-2H3,(H,29,30). The highest BCUT2D eigenvalue weighted by Gasteiger charge is 2.48. The summed E-state index contributed by atoms with van der Waals surface area (Å²) in [6.45, 7) is 8.07. The Labute approximate surface area is 185 Å². The van der Waals surface area contributed by atoms with E-state index in [0.717, 1.165) is 50.3 Å². The van der Waals surface area contributed by atoms with E-state index in [1.165, 1.54) is 24.3 Å². The lowest BCUT2D eigenvalue weighted by atomic mass is 9.74. The van der Waals surface area contributed by atoms with Crippen molar-refractivity contribution in [3.63, 3.8) is 0 Å². The first-order chi connectivity index (χ1) is 15.2. The Bertz CT molecular complexity index is 961. The van der Waals surface area contributed by atoms with Crippen molar-refractivity contribution in [3.05, 3.63) is 42.1 Å². The van der Waals surface area contributed by atoms with E-state index in [1.54, 1.807) is 6.20 Å². The van der Waals surface area contributed by atoms with Gasteiger partial charge in [-0.3, -0.25) is 0 Å². The number of pyridine rings is 1. The van der Waals surface area contributed by atoms with Crippen molar-refractivity contribution in [2.75, 3.05) is 36.4 Å². The van der Waals surface area contributed by atoms with Crippen LogP contribution in [0.5, 0.6) is 5.75 Å². The second-order valence-corrected chi connectivity index (χ2v) is 8.64. The SMILES string of the molecule is CCC(CC)C(=N)c1c(N2CC3(CNC3)C2)ccnc1Nc1ccc(OC(F)(F)F)cc1. The number of halogens is 3. The van der Waals surface area contributed by atoms with Crippen LogP contribution in [0.15, 0.2) is 36.5 Å². The first-order valence-electron chi connectivity index (χ1n) is 10.9. The third-order valence-electron chi connectivity index (χ3n) is 6.34. The lowest BCUT2D eigenvalue weighted by molar-refractivity contribution is -0.274. The third kappa shape index (κ3) is 4.53. The lowest BCUT2D eigenvalue weighted by Crippen LogP contribution is -2.71. The van der Waals surface area contributed by atoms with Crippen molar-refractivity contribution in [1.29, 1.82) is 5.41 Å². The molecule has 0 amide bonds. The van der Waals surface area contributed by atoms with Crippen LogP contribution in [0.4, 0.5) is 30.4 Å². The molecule has 172 valence electrons. The van der Waals surface area contributed by atoms with Gasteiger partial charge in [-0.1, -0.05) is 13.8 Å². The maximum Gasteiger partial charge on any atom is 0.573 e. The summed E-state index contributed by atoms with van der Waals surface area (Å²) in [4.78, 5) is 6.79. The summed E-state index contributed by atoms with van der Waals surface area (Å²) in [5.74, 6) is 0.355. The highest BCUT2D eigenvalue weighted by Crippen LogP contribution is 2.41. The van der Waals surface area contributed by atoms with Crippen molar-refractivity contribution in [2.45, 2.75) is 33.1 Å². The van der Waals surface area contributed by atoms with Crippen molar-refractivity contribution < 1.29 is 17.9 Å². The zero-order valence-corrected chi connectivity index (χ0v) is 18.2. The van der Waals surface area contributed by atoms with Gasteiger partial charge >= 0.3 is 6.36 Å². The van der Waals surface area contributed by atoms with Gasteiger partial charge in [0.05, 0.1) is 11.3 Å². The number of aromatic nitrogens is 1. The highest BCUT2D eigenvalue weighted by molar-refractivity contribution is 6.09. The summed E-state index contributed by atoms with van der Waals surface area (Å²) < 4.78 is 41.3. The monoisotopic (exact) mass is 447 g/mol. The van der Waals surface area contributed by atoms with Gasteiger partial charge < -0.3 is 25.7 Å². The molecule has 1 aromatic heterocycles. The molecular formula is C23H28F3N5O. The molecule has 0 unspecified atom stereocenters. The fraction of sp³-hybridized carbons (Fsp3) is 0.478. The number of benzene rings is 1. The number of hydrogen-bond acceptors (Lipinski definition) is 6. The Balaban J connectivity index is 1.62. The molecule has 3 heterocycles. The number of nitrogens with one attached hydrogen (secondary N) is 3. The lowest BCUT2D eigenvalue weighted by Gasteiger charge is -2.57. The number of hydrogen-bond donors (Lipinski definition) is 3. The van der Waals surface area contributed by atoms with E-state index in [0.29, 0.717) is 22.6 Å². The molecule has 3 N–H and O–H groups in total. The molecule has 4 rings (SSSR count). The number of rotatable bonds is 8. The van der Waals surface area contributed by atoms with Crippen molar-refractivity contribution >= 4 is 22.9 Å². The Morgan fingerprint density at radius 3 is 2.38 bits per heavy atom. The van der Waals surface area contributed by atoms with Crippen LogP contribution in [0, 0.1) is 16.7 Å². The first-order valence-corrected chi connectivity index (χ1v) is 10.9. The maximum absolute atomic E-state index is 12.4. The highest BCUT2D eigenvalue weighted by atomic mass is 19.4. The third-order valence-corrected chi connectivity index (χ3v) is 6.34. The van der Waals surface area contributed by atoms with Gasteiger partial charge in [0.1, 0.15) is 11.6 Å². The minimum absolute atomic E-state index is 0.0988. The maximum atomic E-state index is 12.4. The molecule has 0 bridgehead atoms. The van der Waals surface area contributed by atoms with E-state index < -0.39 is 6.36 Å². The van der Waals surface area contributed by atoms with Crippen LogP contribution < -0.4 is 20.3 Å². The summed E-state index contributed by atoms with van der Waals surface area (Å²) in [5, 5.41) is 15.5. The molecule has 2 fully saturated rings. The minimum atomic E-state index is -4.73. The van der Waals surface area contributed by atoms with Gasteiger partial charge in [-0.2, -0.15) is 0 Å². The fourth-order valence-electron chi connectivity index (χ4n) is 4.49. The normalized spacial score (nSPS) is 17.1. The van der Waals surface area contributed by atoms with Crippen LogP contribution in [-0.2, 0) is 0 Å². The summed E-state index contributed by atoms with van der Waals surface area (Å²) in [7, 11) is 0. The topological polar surface area (TPSA) is 73.3 Å². The van der Waals surface area contributed by atoms with Gasteiger partial charge in [0.15, 0.2) is 0 Å². The van der Waals surface area contributed by atoms with E-state index in [9.17, 15) is 13.2 Å². The molecule has 2 aromatic rings. The van der Waals surface area contributed by atoms with Gasteiger partial charge in [-0.25, -0.2) is 4.98 Å². The first kappa shape index (κ1) is 22.4. The van der Waals surface area contributed by atoms with Gasteiger partial charge in [-0.15, -0.1) is 13.2 Å². The minimum Gasteiger partial charge on any atom is -0.406 e. The predicted molar refractivity (Wildman–Crippen MR) is 119 cm³/mol. The summed E-state index contributed by atoms with van der Waals surface area (Å²) >= 11 is 0. The van der Waals surface area contributed by atoms with Gasteiger partial charge in [0.2, 0.25) is 0 Å². The molecule has 1 aromatic carbocycles. The van der Waals surface area contributed by atoms with Crippen molar-refractivity contribution in [2.24, 2.45) is 11.3 Å². The molecule has 0 radical (unpaired) electrons. The van der Waals surface area contributed by atoms with Crippen molar-refractivity contribution in [3.8, 4) is 5.75 Å².